The van der Waals surface area contributed by atoms with Gasteiger partial charge in [0, 0.05) is 19.2 Å². The number of imide groups is 1. The molecule has 2 aliphatic heterocycles. The molecule has 0 saturated carbocycles. The second-order valence-corrected chi connectivity index (χ2v) is 7.62. The monoisotopic (exact) mass is 440 g/mol. The van der Waals surface area contributed by atoms with E-state index in [1.165, 1.54) is 18.2 Å². The number of thioether (sulfide) groups is 1. The van der Waals surface area contributed by atoms with Crippen molar-refractivity contribution in [1.29, 1.82) is 0 Å². The van der Waals surface area contributed by atoms with Crippen molar-refractivity contribution in [3.05, 3.63) is 70.4 Å². The molecule has 7 nitrogen and oxygen atoms in total. The number of nitrogens with zero attached hydrogens (tertiary/aromatic N) is 1. The quantitative estimate of drug-likeness (QED) is 0.693. The first-order valence-electron chi connectivity index (χ1n) is 9.36. The second-order valence-electron chi connectivity index (χ2n) is 6.62. The summed E-state index contributed by atoms with van der Waals surface area (Å²) in [5.41, 5.74) is 1.39. The first kappa shape index (κ1) is 20.7. The first-order valence-corrected chi connectivity index (χ1v) is 10.2. The lowest BCUT2D eigenvalue weighted by Gasteiger charge is -2.12. The molecule has 3 amide bonds. The minimum Gasteiger partial charge on any atom is -0.454 e. The van der Waals surface area contributed by atoms with Gasteiger partial charge in [0.15, 0.2) is 11.5 Å². The van der Waals surface area contributed by atoms with Gasteiger partial charge in [0.25, 0.3) is 11.1 Å². The van der Waals surface area contributed by atoms with Crippen LogP contribution in [0.1, 0.15) is 11.1 Å². The third kappa shape index (κ3) is 4.95. The van der Waals surface area contributed by atoms with Gasteiger partial charge in [-0.3, -0.25) is 19.3 Å². The lowest BCUT2D eigenvalue weighted by Crippen LogP contribution is -2.36. The number of carbonyl (C=O) groups is 3. The molecule has 1 fully saturated rings. The maximum Gasteiger partial charge on any atom is 0.293 e. The van der Waals surface area contributed by atoms with Crippen LogP contribution in [0.15, 0.2) is 53.4 Å². The van der Waals surface area contributed by atoms with E-state index in [4.69, 9.17) is 9.47 Å². The zero-order valence-corrected chi connectivity index (χ0v) is 17.0. The molecule has 1 N–H and O–H groups in total. The van der Waals surface area contributed by atoms with E-state index in [0.717, 1.165) is 16.7 Å². The second kappa shape index (κ2) is 9.05. The Bertz CT molecular complexity index is 1100. The number of amides is 3. The van der Waals surface area contributed by atoms with Crippen molar-refractivity contribution in [2.75, 3.05) is 19.9 Å². The summed E-state index contributed by atoms with van der Waals surface area (Å²) in [6.45, 7) is 0.321. The summed E-state index contributed by atoms with van der Waals surface area (Å²) in [5.74, 6) is 0.0705. The number of benzene rings is 2. The molecule has 2 aliphatic rings. The summed E-state index contributed by atoms with van der Waals surface area (Å²) in [7, 11) is 0. The van der Waals surface area contributed by atoms with E-state index in [0.29, 0.717) is 27.5 Å². The number of hydrogen-bond donors (Lipinski definition) is 1. The normalized spacial score (nSPS) is 16.5. The standard InChI is InChI=1S/C22H17FN2O5S/c23-16-5-1-14(2-6-16)4-8-20(26)24-9-10-25-21(27)19(31-22(25)28)12-15-3-7-17-18(11-15)30-13-29-17/h1-8,11-12H,9-10,13H2,(H,24,26)/b8-4+,19-12-. The van der Waals surface area contributed by atoms with Crippen LogP contribution in [0.25, 0.3) is 12.2 Å². The maximum absolute atomic E-state index is 12.9. The minimum absolute atomic E-state index is 0.0548. The Morgan fingerprint density at radius 3 is 2.65 bits per heavy atom. The maximum atomic E-state index is 12.9. The third-order valence-electron chi connectivity index (χ3n) is 4.50. The van der Waals surface area contributed by atoms with Crippen molar-refractivity contribution in [2.24, 2.45) is 0 Å². The molecule has 0 aliphatic carbocycles. The highest BCUT2D eigenvalue weighted by Gasteiger charge is 2.34. The lowest BCUT2D eigenvalue weighted by molar-refractivity contribution is -0.123. The van der Waals surface area contributed by atoms with Gasteiger partial charge in [-0.1, -0.05) is 18.2 Å². The molecular weight excluding hydrogens is 423 g/mol. The Balaban J connectivity index is 1.31. The van der Waals surface area contributed by atoms with Crippen LogP contribution in [0.5, 0.6) is 11.5 Å². The highest BCUT2D eigenvalue weighted by atomic mass is 32.2. The Morgan fingerprint density at radius 1 is 1.10 bits per heavy atom. The van der Waals surface area contributed by atoms with Crippen molar-refractivity contribution in [1.82, 2.24) is 10.2 Å². The van der Waals surface area contributed by atoms with Crippen LogP contribution in [-0.4, -0.2) is 41.8 Å². The van der Waals surface area contributed by atoms with Gasteiger partial charge in [-0.2, -0.15) is 0 Å². The van der Waals surface area contributed by atoms with E-state index < -0.39 is 11.1 Å². The van der Waals surface area contributed by atoms with E-state index in [2.05, 4.69) is 5.32 Å². The smallest absolute Gasteiger partial charge is 0.293 e. The van der Waals surface area contributed by atoms with Gasteiger partial charge < -0.3 is 14.8 Å². The zero-order chi connectivity index (χ0) is 21.8. The summed E-state index contributed by atoms with van der Waals surface area (Å²) < 4.78 is 23.5. The van der Waals surface area contributed by atoms with Crippen molar-refractivity contribution >= 4 is 41.0 Å². The molecule has 31 heavy (non-hydrogen) atoms. The van der Waals surface area contributed by atoms with Crippen molar-refractivity contribution < 1.29 is 28.2 Å². The van der Waals surface area contributed by atoms with Gasteiger partial charge in [0.1, 0.15) is 5.82 Å². The molecule has 2 aromatic carbocycles. The molecule has 0 unspecified atom stereocenters. The van der Waals surface area contributed by atoms with Crippen LogP contribution in [0.2, 0.25) is 0 Å². The fourth-order valence-electron chi connectivity index (χ4n) is 2.94. The number of halogens is 1. The molecule has 158 valence electrons. The van der Waals surface area contributed by atoms with Gasteiger partial charge in [-0.25, -0.2) is 4.39 Å². The number of carbonyl (C=O) groups excluding carboxylic acids is 3. The summed E-state index contributed by atoms with van der Waals surface area (Å²) in [6, 6.07) is 11.0. The van der Waals surface area contributed by atoms with Crippen molar-refractivity contribution in [3.63, 3.8) is 0 Å². The highest BCUT2D eigenvalue weighted by Crippen LogP contribution is 2.36. The molecule has 0 atom stereocenters. The van der Waals surface area contributed by atoms with E-state index in [9.17, 15) is 18.8 Å². The van der Waals surface area contributed by atoms with Crippen LogP contribution in [0.3, 0.4) is 0 Å². The number of nitrogens with one attached hydrogen (secondary N) is 1. The Kier molecular flexibility index (Phi) is 6.03. The average Bonchev–Trinajstić information content (AvgIpc) is 3.32. The van der Waals surface area contributed by atoms with Crippen LogP contribution in [-0.2, 0) is 9.59 Å². The van der Waals surface area contributed by atoms with Gasteiger partial charge in [0.2, 0.25) is 12.7 Å². The molecule has 0 aromatic heterocycles. The van der Waals surface area contributed by atoms with E-state index in [1.54, 1.807) is 42.5 Å². The van der Waals surface area contributed by atoms with Gasteiger partial charge in [-0.05, 0) is 59.3 Å². The number of rotatable bonds is 6. The summed E-state index contributed by atoms with van der Waals surface area (Å²) in [6.07, 6.45) is 4.47. The molecule has 9 heteroatoms. The topological polar surface area (TPSA) is 84.9 Å². The Hall–Kier alpha value is -3.59. The van der Waals surface area contributed by atoms with Crippen LogP contribution in [0.4, 0.5) is 9.18 Å². The lowest BCUT2D eigenvalue weighted by atomic mass is 10.2. The molecule has 2 heterocycles. The molecule has 0 radical (unpaired) electrons. The number of ether oxygens (including phenoxy) is 2. The molecule has 1 saturated heterocycles. The summed E-state index contributed by atoms with van der Waals surface area (Å²) in [4.78, 5) is 38.1. The molecule has 0 bridgehead atoms. The van der Waals surface area contributed by atoms with Gasteiger partial charge >= 0.3 is 0 Å². The van der Waals surface area contributed by atoms with Crippen molar-refractivity contribution in [3.8, 4) is 11.5 Å². The fourth-order valence-corrected chi connectivity index (χ4v) is 3.81. The molecule has 4 rings (SSSR count). The van der Waals surface area contributed by atoms with Crippen LogP contribution < -0.4 is 14.8 Å². The summed E-state index contributed by atoms with van der Waals surface area (Å²) in [5, 5.41) is 2.22. The fraction of sp³-hybridized carbons (Fsp3) is 0.136. The summed E-state index contributed by atoms with van der Waals surface area (Å²) >= 11 is 0.847. The Labute approximate surface area is 181 Å². The van der Waals surface area contributed by atoms with Gasteiger partial charge in [0.05, 0.1) is 4.91 Å². The van der Waals surface area contributed by atoms with Crippen LogP contribution in [0, 0.1) is 5.82 Å². The number of fused-ring (bicyclic) bond motifs is 1. The predicted molar refractivity (Wildman–Crippen MR) is 114 cm³/mol. The SMILES string of the molecule is O=C(/C=C/c1ccc(F)cc1)NCCN1C(=O)S/C(=C\c2ccc3c(c2)OCO3)C1=O. The number of hydrogen-bond acceptors (Lipinski definition) is 6. The van der Waals surface area contributed by atoms with E-state index >= 15 is 0 Å². The largest absolute Gasteiger partial charge is 0.454 e. The minimum atomic E-state index is -0.413. The van der Waals surface area contributed by atoms with E-state index in [1.807, 2.05) is 0 Å². The average molecular weight is 440 g/mol. The van der Waals surface area contributed by atoms with E-state index in [-0.39, 0.29) is 31.6 Å². The molecule has 2 aromatic rings. The van der Waals surface area contributed by atoms with Gasteiger partial charge in [-0.15, -0.1) is 0 Å². The van der Waals surface area contributed by atoms with Crippen LogP contribution >= 0.6 is 11.8 Å². The molecular formula is C22H17FN2O5S. The highest BCUT2D eigenvalue weighted by molar-refractivity contribution is 8.18. The Morgan fingerprint density at radius 2 is 1.84 bits per heavy atom. The predicted octanol–water partition coefficient (Wildman–Crippen LogP) is 3.42. The first-order chi connectivity index (χ1) is 15.0. The zero-order valence-electron chi connectivity index (χ0n) is 16.2. The van der Waals surface area contributed by atoms with Crippen molar-refractivity contribution in [2.45, 2.75) is 0 Å². The molecule has 0 spiro atoms. The third-order valence-corrected chi connectivity index (χ3v) is 5.41.